The molecule has 1 aliphatic rings. The molecule has 0 unspecified atom stereocenters. The quantitative estimate of drug-likeness (QED) is 0.876. The number of likely N-dealkylation sites (tertiary alicyclic amines) is 1. The minimum atomic E-state index is 0.148. The number of nitrogens with two attached hydrogens (primary N) is 1. The highest BCUT2D eigenvalue weighted by Gasteiger charge is 2.19. The molecular formula is C13H18N6O2. The van der Waals surface area contributed by atoms with E-state index in [-0.39, 0.29) is 5.91 Å². The lowest BCUT2D eigenvalue weighted by atomic mass is 10.3. The maximum Gasteiger partial charge on any atom is 0.245 e. The van der Waals surface area contributed by atoms with Gasteiger partial charge >= 0.3 is 0 Å². The van der Waals surface area contributed by atoms with Crippen LogP contribution < -0.4 is 10.5 Å². The van der Waals surface area contributed by atoms with Gasteiger partial charge in [-0.2, -0.15) is 4.98 Å². The average Bonchev–Trinajstić information content (AvgIpc) is 3.12. The number of aromatic nitrogens is 4. The van der Waals surface area contributed by atoms with Crippen molar-refractivity contribution in [1.29, 1.82) is 0 Å². The van der Waals surface area contributed by atoms with Gasteiger partial charge in [-0.3, -0.25) is 9.36 Å². The second-order valence-electron chi connectivity index (χ2n) is 5.01. The molecule has 0 spiro atoms. The number of ether oxygens (including phenoxy) is 1. The Hall–Kier alpha value is -2.38. The van der Waals surface area contributed by atoms with Gasteiger partial charge in [0.1, 0.15) is 6.33 Å². The van der Waals surface area contributed by atoms with Crippen molar-refractivity contribution in [3.05, 3.63) is 6.33 Å². The molecule has 8 heteroatoms. The van der Waals surface area contributed by atoms with Crippen LogP contribution in [0.2, 0.25) is 0 Å². The number of aryl methyl sites for hydroxylation is 1. The number of carbonyl (C=O) groups excluding carboxylic acids is 1. The van der Waals surface area contributed by atoms with Gasteiger partial charge in [0.25, 0.3) is 0 Å². The number of hydrogen-bond donors (Lipinski definition) is 1. The molecule has 3 rings (SSSR count). The van der Waals surface area contributed by atoms with Crippen molar-refractivity contribution in [2.75, 3.05) is 25.9 Å². The van der Waals surface area contributed by atoms with E-state index in [0.29, 0.717) is 36.0 Å². The first-order chi connectivity index (χ1) is 10.2. The van der Waals surface area contributed by atoms with Crippen molar-refractivity contribution in [1.82, 2.24) is 24.4 Å². The van der Waals surface area contributed by atoms with E-state index in [1.54, 1.807) is 4.57 Å². The van der Waals surface area contributed by atoms with E-state index < -0.39 is 0 Å². The van der Waals surface area contributed by atoms with Gasteiger partial charge in [0, 0.05) is 26.1 Å². The number of carbonyl (C=O) groups is 1. The monoisotopic (exact) mass is 290 g/mol. The van der Waals surface area contributed by atoms with Gasteiger partial charge < -0.3 is 15.4 Å². The normalized spacial score (nSPS) is 14.8. The molecule has 0 radical (unpaired) electrons. The van der Waals surface area contributed by atoms with Crippen LogP contribution in [0.5, 0.6) is 5.88 Å². The fourth-order valence-electron chi connectivity index (χ4n) is 2.63. The number of nitrogens with zero attached hydrogens (tertiary/aromatic N) is 5. The molecule has 3 heterocycles. The highest BCUT2D eigenvalue weighted by molar-refractivity contribution is 5.80. The van der Waals surface area contributed by atoms with E-state index in [1.165, 1.54) is 13.4 Å². The Labute approximate surface area is 121 Å². The highest BCUT2D eigenvalue weighted by Crippen LogP contribution is 2.23. The fraction of sp³-hybridized carbons (Fsp3) is 0.538. The van der Waals surface area contributed by atoms with Gasteiger partial charge in [0.15, 0.2) is 11.2 Å². The van der Waals surface area contributed by atoms with Crippen molar-refractivity contribution in [2.45, 2.75) is 25.8 Å². The van der Waals surface area contributed by atoms with E-state index in [0.717, 1.165) is 25.9 Å². The predicted molar refractivity (Wildman–Crippen MR) is 76.7 cm³/mol. The molecule has 112 valence electrons. The van der Waals surface area contributed by atoms with Crippen molar-refractivity contribution < 1.29 is 9.53 Å². The summed E-state index contributed by atoms with van der Waals surface area (Å²) in [5.74, 6) is 0.851. The van der Waals surface area contributed by atoms with Crippen LogP contribution in [0.15, 0.2) is 6.33 Å². The lowest BCUT2D eigenvalue weighted by molar-refractivity contribution is -0.130. The molecule has 0 aromatic carbocycles. The molecule has 0 atom stereocenters. The van der Waals surface area contributed by atoms with Gasteiger partial charge in [-0.15, -0.1) is 0 Å². The summed E-state index contributed by atoms with van der Waals surface area (Å²) in [6, 6.07) is 0. The van der Waals surface area contributed by atoms with Crippen LogP contribution in [0, 0.1) is 0 Å². The first-order valence-corrected chi connectivity index (χ1v) is 6.99. The zero-order chi connectivity index (χ0) is 14.8. The molecular weight excluding hydrogens is 272 g/mol. The molecule has 0 bridgehead atoms. The summed E-state index contributed by atoms with van der Waals surface area (Å²) >= 11 is 0. The second-order valence-corrected chi connectivity index (χ2v) is 5.01. The first-order valence-electron chi connectivity index (χ1n) is 6.99. The smallest absolute Gasteiger partial charge is 0.245 e. The van der Waals surface area contributed by atoms with Crippen LogP contribution in [0.3, 0.4) is 0 Å². The Bertz CT molecular complexity index is 662. The minimum absolute atomic E-state index is 0.148. The lowest BCUT2D eigenvalue weighted by Gasteiger charge is -2.15. The van der Waals surface area contributed by atoms with E-state index in [9.17, 15) is 4.79 Å². The van der Waals surface area contributed by atoms with Crippen molar-refractivity contribution >= 4 is 23.0 Å². The molecule has 8 nitrogen and oxygen atoms in total. The molecule has 2 aromatic rings. The molecule has 0 saturated carbocycles. The molecule has 1 fully saturated rings. The Morgan fingerprint density at radius 3 is 2.86 bits per heavy atom. The van der Waals surface area contributed by atoms with Gasteiger partial charge in [-0.25, -0.2) is 9.97 Å². The van der Waals surface area contributed by atoms with Crippen LogP contribution in [0.1, 0.15) is 19.3 Å². The Morgan fingerprint density at radius 2 is 2.14 bits per heavy atom. The molecule has 1 aliphatic heterocycles. The summed E-state index contributed by atoms with van der Waals surface area (Å²) in [6.07, 6.45) is 3.97. The largest absolute Gasteiger partial charge is 0.479 e. The van der Waals surface area contributed by atoms with E-state index in [1.807, 2.05) is 4.90 Å². The van der Waals surface area contributed by atoms with Crippen LogP contribution in [0.25, 0.3) is 11.2 Å². The Morgan fingerprint density at radius 1 is 1.38 bits per heavy atom. The third-order valence-electron chi connectivity index (χ3n) is 3.73. The third kappa shape index (κ3) is 2.48. The van der Waals surface area contributed by atoms with Gasteiger partial charge in [0.05, 0.1) is 7.11 Å². The first kappa shape index (κ1) is 13.6. The molecule has 21 heavy (non-hydrogen) atoms. The van der Waals surface area contributed by atoms with Crippen LogP contribution in [-0.4, -0.2) is 50.5 Å². The number of nitrogen functional groups attached to an aromatic ring is 1. The van der Waals surface area contributed by atoms with E-state index >= 15 is 0 Å². The number of fused-ring (bicyclic) bond motifs is 1. The van der Waals surface area contributed by atoms with Gasteiger partial charge in [0.2, 0.25) is 17.7 Å². The van der Waals surface area contributed by atoms with Gasteiger partial charge in [-0.05, 0) is 12.8 Å². The summed E-state index contributed by atoms with van der Waals surface area (Å²) < 4.78 is 6.87. The van der Waals surface area contributed by atoms with E-state index in [2.05, 4.69) is 15.0 Å². The topological polar surface area (TPSA) is 99.2 Å². The molecule has 1 saturated heterocycles. The number of anilines is 1. The van der Waals surface area contributed by atoms with Crippen LogP contribution in [0.4, 0.5) is 5.95 Å². The molecule has 2 N–H and O–H groups in total. The zero-order valence-electron chi connectivity index (χ0n) is 11.9. The summed E-state index contributed by atoms with van der Waals surface area (Å²) in [5, 5.41) is 0. The number of hydrogen-bond acceptors (Lipinski definition) is 6. The summed E-state index contributed by atoms with van der Waals surface area (Å²) in [7, 11) is 1.52. The van der Waals surface area contributed by atoms with E-state index in [4.69, 9.17) is 10.5 Å². The lowest BCUT2D eigenvalue weighted by Crippen LogP contribution is -2.28. The third-order valence-corrected chi connectivity index (χ3v) is 3.73. The highest BCUT2D eigenvalue weighted by atomic mass is 16.5. The zero-order valence-corrected chi connectivity index (χ0v) is 11.9. The Balaban J connectivity index is 1.80. The summed E-state index contributed by atoms with van der Waals surface area (Å²) in [4.78, 5) is 26.4. The number of amides is 1. The molecule has 1 amide bonds. The number of rotatable bonds is 4. The van der Waals surface area contributed by atoms with Crippen LogP contribution >= 0.6 is 0 Å². The van der Waals surface area contributed by atoms with Crippen molar-refractivity contribution in [3.8, 4) is 5.88 Å². The predicted octanol–water partition coefficient (Wildman–Crippen LogP) is 0.430. The second kappa shape index (κ2) is 5.55. The van der Waals surface area contributed by atoms with Crippen LogP contribution in [-0.2, 0) is 11.3 Å². The number of methoxy groups -OCH3 is 1. The average molecular weight is 290 g/mol. The number of imidazole rings is 1. The minimum Gasteiger partial charge on any atom is -0.479 e. The van der Waals surface area contributed by atoms with Gasteiger partial charge in [-0.1, -0.05) is 0 Å². The van der Waals surface area contributed by atoms with Crippen molar-refractivity contribution in [2.24, 2.45) is 0 Å². The SMILES string of the molecule is COc1ncnc2c1nc(N)n2CCC(=O)N1CCCC1. The van der Waals surface area contributed by atoms with Crippen molar-refractivity contribution in [3.63, 3.8) is 0 Å². The maximum absolute atomic E-state index is 12.1. The Kier molecular flexibility index (Phi) is 3.59. The summed E-state index contributed by atoms with van der Waals surface area (Å²) in [6.45, 7) is 2.17. The maximum atomic E-state index is 12.1. The molecule has 2 aromatic heterocycles. The summed E-state index contributed by atoms with van der Waals surface area (Å²) in [5.41, 5.74) is 7.03. The fourth-order valence-corrected chi connectivity index (χ4v) is 2.63. The standard InChI is InChI=1S/C13H18N6O2/c1-21-12-10-11(15-8-16-12)19(13(14)17-10)7-4-9(20)18-5-2-3-6-18/h8H,2-7H2,1H3,(H2,14,17). The molecule has 0 aliphatic carbocycles.